The highest BCUT2D eigenvalue weighted by Gasteiger charge is 2.30. The lowest BCUT2D eigenvalue weighted by Crippen LogP contribution is -2.30. The molecule has 0 amide bonds. The molecule has 2 aromatic rings. The van der Waals surface area contributed by atoms with Gasteiger partial charge >= 0.3 is 0 Å². The normalized spacial score (nSPS) is 12.2. The fraction of sp³-hybridized carbons (Fsp3) is 0.438. The summed E-state index contributed by atoms with van der Waals surface area (Å²) in [5.74, 6) is 0. The van der Waals surface area contributed by atoms with Crippen LogP contribution in [-0.4, -0.2) is 24.9 Å². The zero-order valence-electron chi connectivity index (χ0n) is 14.8. The smallest absolute Gasteiger partial charge is 0.258 e. The number of rotatable bonds is 5. The van der Waals surface area contributed by atoms with Crippen molar-refractivity contribution in [2.75, 3.05) is 10.8 Å². The third kappa shape index (κ3) is 3.82. The van der Waals surface area contributed by atoms with Crippen molar-refractivity contribution < 1.29 is 13.3 Å². The second kappa shape index (κ2) is 6.72. The predicted octanol–water partition coefficient (Wildman–Crippen LogP) is 3.87. The Morgan fingerprint density at radius 3 is 2.44 bits per heavy atom. The second-order valence-corrected chi connectivity index (χ2v) is 9.43. The molecule has 0 aliphatic heterocycles. The number of non-ortho nitro benzene ring substituents is 1. The molecule has 9 heteroatoms. The summed E-state index contributed by atoms with van der Waals surface area (Å²) in [4.78, 5) is 15.6. The van der Waals surface area contributed by atoms with Crippen molar-refractivity contribution in [2.45, 2.75) is 44.9 Å². The van der Waals surface area contributed by atoms with E-state index >= 15 is 0 Å². The third-order valence-electron chi connectivity index (χ3n) is 3.58. The predicted molar refractivity (Wildman–Crippen MR) is 98.9 cm³/mol. The molecule has 0 bridgehead atoms. The molecule has 136 valence electrons. The van der Waals surface area contributed by atoms with Crippen LogP contribution in [0.5, 0.6) is 0 Å². The van der Waals surface area contributed by atoms with Crippen LogP contribution in [0.1, 0.15) is 38.3 Å². The number of nitrogens with zero attached hydrogens (tertiary/aromatic N) is 3. The van der Waals surface area contributed by atoms with E-state index in [1.165, 1.54) is 33.8 Å². The highest BCUT2D eigenvalue weighted by molar-refractivity contribution is 7.93. The topological polar surface area (TPSA) is 93.4 Å². The molecule has 0 aliphatic rings. The Kier molecular flexibility index (Phi) is 5.19. The van der Waals surface area contributed by atoms with E-state index in [2.05, 4.69) is 4.98 Å². The fourth-order valence-electron chi connectivity index (χ4n) is 2.48. The lowest BCUT2D eigenvalue weighted by Gasteiger charge is -2.20. The molecule has 0 N–H and O–H groups in total. The molecule has 0 radical (unpaired) electrons. The lowest BCUT2D eigenvalue weighted by molar-refractivity contribution is -0.385. The Morgan fingerprint density at radius 1 is 1.32 bits per heavy atom. The van der Waals surface area contributed by atoms with Crippen molar-refractivity contribution in [1.82, 2.24) is 4.98 Å². The van der Waals surface area contributed by atoms with Crippen molar-refractivity contribution in [1.29, 1.82) is 0 Å². The number of anilines is 1. The van der Waals surface area contributed by atoms with Gasteiger partial charge in [0.2, 0.25) is 0 Å². The number of aryl methyl sites for hydroxylation is 1. The van der Waals surface area contributed by atoms with E-state index in [0.29, 0.717) is 5.13 Å². The van der Waals surface area contributed by atoms with Gasteiger partial charge in [-0.1, -0.05) is 26.8 Å². The van der Waals surface area contributed by atoms with Crippen molar-refractivity contribution in [3.8, 4) is 0 Å². The number of thiazole rings is 1. The summed E-state index contributed by atoms with van der Waals surface area (Å²) in [6.07, 6.45) is 0. The van der Waals surface area contributed by atoms with E-state index in [1.54, 1.807) is 6.92 Å². The van der Waals surface area contributed by atoms with Crippen molar-refractivity contribution in [3.05, 3.63) is 45.0 Å². The molecule has 0 spiro atoms. The number of benzene rings is 1. The van der Waals surface area contributed by atoms with Crippen LogP contribution in [0.2, 0.25) is 0 Å². The van der Waals surface area contributed by atoms with Crippen LogP contribution >= 0.6 is 11.3 Å². The van der Waals surface area contributed by atoms with Crippen LogP contribution in [0.15, 0.2) is 29.2 Å². The molecule has 1 aromatic carbocycles. The molecule has 1 aromatic heterocycles. The molecule has 0 unspecified atom stereocenters. The van der Waals surface area contributed by atoms with Gasteiger partial charge in [0.15, 0.2) is 5.13 Å². The highest BCUT2D eigenvalue weighted by Crippen LogP contribution is 2.37. The number of hydrogen-bond acceptors (Lipinski definition) is 6. The van der Waals surface area contributed by atoms with Crippen LogP contribution < -0.4 is 4.31 Å². The number of nitro benzene ring substituents is 1. The van der Waals surface area contributed by atoms with Gasteiger partial charge in [-0.05, 0) is 25.3 Å². The van der Waals surface area contributed by atoms with E-state index in [1.807, 2.05) is 27.7 Å². The third-order valence-corrected chi connectivity index (χ3v) is 7.17. The van der Waals surface area contributed by atoms with Gasteiger partial charge in [-0.3, -0.25) is 10.1 Å². The second-order valence-electron chi connectivity index (χ2n) is 6.59. The zero-order chi connectivity index (χ0) is 19.0. The van der Waals surface area contributed by atoms with Crippen molar-refractivity contribution in [2.24, 2.45) is 0 Å². The molecule has 1 heterocycles. The van der Waals surface area contributed by atoms with E-state index in [-0.39, 0.29) is 22.5 Å². The average Bonchev–Trinajstić information content (AvgIpc) is 2.89. The minimum Gasteiger partial charge on any atom is -0.258 e. The van der Waals surface area contributed by atoms with Crippen LogP contribution in [0.25, 0.3) is 0 Å². The van der Waals surface area contributed by atoms with Gasteiger partial charge in [-0.2, -0.15) is 0 Å². The monoisotopic (exact) mass is 383 g/mol. The van der Waals surface area contributed by atoms with Crippen molar-refractivity contribution >= 4 is 32.2 Å². The van der Waals surface area contributed by atoms with Crippen LogP contribution in [-0.2, 0) is 15.4 Å². The minimum atomic E-state index is -3.93. The van der Waals surface area contributed by atoms with E-state index in [0.717, 1.165) is 16.6 Å². The van der Waals surface area contributed by atoms with Crippen molar-refractivity contribution in [3.63, 3.8) is 0 Å². The van der Waals surface area contributed by atoms with Gasteiger partial charge in [0.25, 0.3) is 15.7 Å². The molecule has 0 fully saturated rings. The first-order chi connectivity index (χ1) is 11.5. The molecule has 25 heavy (non-hydrogen) atoms. The van der Waals surface area contributed by atoms with Gasteiger partial charge in [0.1, 0.15) is 0 Å². The van der Waals surface area contributed by atoms with Gasteiger partial charge < -0.3 is 0 Å². The SMILES string of the molecule is CCN(c1nc(C)c(C(C)(C)C)s1)S(=O)(=O)c1cccc([N+](=O)[O-])c1. The molecule has 0 atom stereocenters. The highest BCUT2D eigenvalue weighted by atomic mass is 32.2. The maximum Gasteiger partial charge on any atom is 0.270 e. The van der Waals surface area contributed by atoms with Gasteiger partial charge in [-0.25, -0.2) is 17.7 Å². The Balaban J connectivity index is 2.53. The van der Waals surface area contributed by atoms with E-state index in [4.69, 9.17) is 0 Å². The summed E-state index contributed by atoms with van der Waals surface area (Å²) < 4.78 is 27.2. The Labute approximate surface area is 151 Å². The molecule has 0 saturated carbocycles. The maximum atomic E-state index is 13.0. The van der Waals surface area contributed by atoms with Crippen LogP contribution in [0.4, 0.5) is 10.8 Å². The van der Waals surface area contributed by atoms with Gasteiger partial charge in [0, 0.05) is 23.6 Å². The molecular formula is C16H21N3O4S2. The first kappa shape index (κ1) is 19.3. The molecule has 0 aliphatic carbocycles. The summed E-state index contributed by atoms with van der Waals surface area (Å²) in [7, 11) is -3.93. The summed E-state index contributed by atoms with van der Waals surface area (Å²) >= 11 is 1.33. The zero-order valence-corrected chi connectivity index (χ0v) is 16.4. The maximum absolute atomic E-state index is 13.0. The largest absolute Gasteiger partial charge is 0.270 e. The Morgan fingerprint density at radius 2 is 1.96 bits per heavy atom. The number of nitro groups is 1. The first-order valence-electron chi connectivity index (χ1n) is 7.73. The number of hydrogen-bond donors (Lipinski definition) is 0. The average molecular weight is 383 g/mol. The Bertz CT molecular complexity index is 898. The first-order valence-corrected chi connectivity index (χ1v) is 9.99. The Hall–Kier alpha value is -2.00. The van der Waals surface area contributed by atoms with Crippen LogP contribution in [0, 0.1) is 17.0 Å². The number of sulfonamides is 1. The van der Waals surface area contributed by atoms with Crippen LogP contribution in [0.3, 0.4) is 0 Å². The standard InChI is InChI=1S/C16H21N3O4S2/c1-6-18(15-17-11(2)14(24-15)16(3,4)5)25(22,23)13-9-7-8-12(10-13)19(20)21/h7-10H,6H2,1-5H3. The van der Waals surface area contributed by atoms with E-state index < -0.39 is 14.9 Å². The van der Waals surface area contributed by atoms with E-state index in [9.17, 15) is 18.5 Å². The quantitative estimate of drug-likeness (QED) is 0.577. The fourth-order valence-corrected chi connectivity index (χ4v) is 5.34. The van der Waals surface area contributed by atoms with Gasteiger partial charge in [0.05, 0.1) is 15.5 Å². The summed E-state index contributed by atoms with van der Waals surface area (Å²) in [5.41, 5.74) is 0.386. The minimum absolute atomic E-state index is 0.117. The summed E-state index contributed by atoms with van der Waals surface area (Å²) in [5, 5.41) is 11.3. The molecular weight excluding hydrogens is 362 g/mol. The summed E-state index contributed by atoms with van der Waals surface area (Å²) in [6, 6.07) is 5.06. The molecule has 0 saturated heterocycles. The lowest BCUT2D eigenvalue weighted by atomic mass is 9.94. The molecule has 2 rings (SSSR count). The van der Waals surface area contributed by atoms with Gasteiger partial charge in [-0.15, -0.1) is 11.3 Å². The summed E-state index contributed by atoms with van der Waals surface area (Å²) in [6.45, 7) is 9.88. The molecule has 7 nitrogen and oxygen atoms in total. The number of aromatic nitrogens is 1.